The van der Waals surface area contributed by atoms with E-state index in [-0.39, 0.29) is 38.0 Å². The number of rotatable bonds is 38. The van der Waals surface area contributed by atoms with E-state index >= 15 is 0 Å². The van der Waals surface area contributed by atoms with E-state index in [2.05, 4.69) is 99.8 Å². The largest absolute Gasteiger partial charge is 0.462 e. The number of esters is 3. The van der Waals surface area contributed by atoms with Crippen LogP contribution in [0.15, 0.2) is 146 Å². The predicted octanol–water partition coefficient (Wildman–Crippen LogP) is 14.9. The lowest BCUT2D eigenvalue weighted by molar-refractivity contribution is -0.166. The summed E-state index contributed by atoms with van der Waals surface area (Å²) in [6.07, 6.45) is 67.1. The fourth-order valence-electron chi connectivity index (χ4n) is 5.41. The minimum Gasteiger partial charge on any atom is -0.462 e. The molecule has 0 aromatic heterocycles. The maximum Gasteiger partial charge on any atom is 0.309 e. The molecule has 1 unspecified atom stereocenters. The lowest BCUT2D eigenvalue weighted by atomic mass is 10.1. The Bertz CT molecular complexity index is 1410. The van der Waals surface area contributed by atoms with Gasteiger partial charge in [0.25, 0.3) is 0 Å². The molecule has 1 atom stereocenters. The highest BCUT2D eigenvalue weighted by Gasteiger charge is 2.19. The van der Waals surface area contributed by atoms with Gasteiger partial charge in [-0.2, -0.15) is 0 Å². The van der Waals surface area contributed by atoms with Crippen molar-refractivity contribution in [3.8, 4) is 0 Å². The molecular formula is C54H80O6. The molecule has 332 valence electrons. The molecule has 0 rings (SSSR count). The van der Waals surface area contributed by atoms with Gasteiger partial charge in [0.05, 0.1) is 6.42 Å². The summed E-state index contributed by atoms with van der Waals surface area (Å²) in [7, 11) is 0. The summed E-state index contributed by atoms with van der Waals surface area (Å²) >= 11 is 0. The van der Waals surface area contributed by atoms with Gasteiger partial charge >= 0.3 is 17.9 Å². The molecule has 60 heavy (non-hydrogen) atoms. The van der Waals surface area contributed by atoms with Crippen molar-refractivity contribution in [2.75, 3.05) is 13.2 Å². The highest BCUT2D eigenvalue weighted by molar-refractivity contribution is 5.72. The van der Waals surface area contributed by atoms with Crippen LogP contribution >= 0.6 is 0 Å². The van der Waals surface area contributed by atoms with Crippen LogP contribution in [0.4, 0.5) is 0 Å². The molecule has 0 amide bonds. The molecular weight excluding hydrogens is 745 g/mol. The monoisotopic (exact) mass is 825 g/mol. The van der Waals surface area contributed by atoms with Crippen molar-refractivity contribution in [2.45, 2.75) is 162 Å². The normalized spacial score (nSPS) is 13.4. The van der Waals surface area contributed by atoms with Crippen LogP contribution in [0.1, 0.15) is 156 Å². The second-order valence-corrected chi connectivity index (χ2v) is 14.4. The lowest BCUT2D eigenvalue weighted by Crippen LogP contribution is -2.30. The first-order valence-corrected chi connectivity index (χ1v) is 23.0. The third-order valence-electron chi connectivity index (χ3n) is 8.81. The van der Waals surface area contributed by atoms with Crippen LogP contribution in [-0.4, -0.2) is 37.2 Å². The number of carbonyl (C=O) groups excluding carboxylic acids is 3. The number of carbonyl (C=O) groups is 3. The van der Waals surface area contributed by atoms with Crippen LogP contribution in [0.5, 0.6) is 0 Å². The predicted molar refractivity (Wildman–Crippen MR) is 255 cm³/mol. The molecule has 0 heterocycles. The van der Waals surface area contributed by atoms with Crippen LogP contribution in [0.3, 0.4) is 0 Å². The third kappa shape index (κ3) is 44.4. The van der Waals surface area contributed by atoms with Crippen LogP contribution in [0.2, 0.25) is 0 Å². The molecule has 0 N–H and O–H groups in total. The zero-order valence-electron chi connectivity index (χ0n) is 37.6. The third-order valence-corrected chi connectivity index (χ3v) is 8.81. The quantitative estimate of drug-likeness (QED) is 0.0203. The second kappa shape index (κ2) is 47.0. The van der Waals surface area contributed by atoms with Crippen molar-refractivity contribution in [1.82, 2.24) is 0 Å². The second-order valence-electron chi connectivity index (χ2n) is 14.4. The molecule has 0 radical (unpaired) electrons. The summed E-state index contributed by atoms with van der Waals surface area (Å²) in [6.45, 7) is 6.14. The molecule has 0 aromatic rings. The molecule has 0 saturated carbocycles. The highest BCUT2D eigenvalue weighted by atomic mass is 16.6. The van der Waals surface area contributed by atoms with Gasteiger partial charge in [-0.15, -0.1) is 0 Å². The van der Waals surface area contributed by atoms with E-state index in [1.165, 1.54) is 19.3 Å². The van der Waals surface area contributed by atoms with E-state index < -0.39 is 12.1 Å². The van der Waals surface area contributed by atoms with Gasteiger partial charge in [0.1, 0.15) is 13.2 Å². The molecule has 0 bridgehead atoms. The van der Waals surface area contributed by atoms with E-state index in [0.29, 0.717) is 12.8 Å². The van der Waals surface area contributed by atoms with Crippen molar-refractivity contribution in [2.24, 2.45) is 0 Å². The number of hydrogen-bond donors (Lipinski definition) is 0. The Hall–Kier alpha value is -4.71. The van der Waals surface area contributed by atoms with Gasteiger partial charge in [-0.1, -0.05) is 205 Å². The summed E-state index contributed by atoms with van der Waals surface area (Å²) in [5.41, 5.74) is 0. The minimum atomic E-state index is -0.850. The maximum absolute atomic E-state index is 12.7. The van der Waals surface area contributed by atoms with Crippen molar-refractivity contribution < 1.29 is 28.6 Å². The molecule has 0 aliphatic carbocycles. The first kappa shape index (κ1) is 55.3. The Kier molecular flexibility index (Phi) is 43.3. The zero-order chi connectivity index (χ0) is 43.7. The van der Waals surface area contributed by atoms with E-state index in [1.54, 1.807) is 6.08 Å². The van der Waals surface area contributed by atoms with Gasteiger partial charge in [0.2, 0.25) is 0 Å². The van der Waals surface area contributed by atoms with Crippen LogP contribution in [0.25, 0.3) is 0 Å². The summed E-state index contributed by atoms with van der Waals surface area (Å²) < 4.78 is 16.5. The molecule has 0 spiro atoms. The first-order chi connectivity index (χ1) is 29.5. The standard InChI is InChI=1S/C54H80O6/c1-4-7-10-13-16-19-21-23-25-26-27-29-30-32-35-38-41-44-47-53(56)59-50-51(49-58-52(55)46-43-40-37-34-18-15-12-9-6-3)60-54(57)48-45-42-39-36-33-31-28-24-22-20-17-14-11-8-5-2/h8-9,11-12,14,16-29,31,33-34,40,43,51H,4-7,10,13,15,30,32,35-39,41-42,44-50H2,1-3H3/b11-8-,12-9-,17-14-,19-16-,22-20-,23-21-,26-25-,28-24-,29-27-,33-31-,34-18-,43-40-. The smallest absolute Gasteiger partial charge is 0.309 e. The van der Waals surface area contributed by atoms with Crippen LogP contribution in [-0.2, 0) is 28.6 Å². The van der Waals surface area contributed by atoms with Gasteiger partial charge in [-0.05, 0) is 77.0 Å². The van der Waals surface area contributed by atoms with Crippen molar-refractivity contribution in [3.63, 3.8) is 0 Å². The molecule has 0 aliphatic rings. The Morgan fingerprint density at radius 2 is 0.783 bits per heavy atom. The molecule has 6 heteroatoms. The number of unbranched alkanes of at least 4 members (excludes halogenated alkanes) is 11. The van der Waals surface area contributed by atoms with E-state index in [4.69, 9.17) is 14.2 Å². The Morgan fingerprint density at radius 1 is 0.383 bits per heavy atom. The van der Waals surface area contributed by atoms with E-state index in [9.17, 15) is 14.4 Å². The molecule has 6 nitrogen and oxygen atoms in total. The first-order valence-electron chi connectivity index (χ1n) is 23.0. The number of ether oxygens (including phenoxy) is 3. The average molecular weight is 825 g/mol. The van der Waals surface area contributed by atoms with E-state index in [1.807, 2.05) is 60.8 Å². The minimum absolute atomic E-state index is 0.113. The average Bonchev–Trinajstić information content (AvgIpc) is 3.24. The fraction of sp³-hybridized carbons (Fsp3) is 0.500. The SMILES string of the molecule is CC\C=C/C=C\C=C/C=C\C=C/CCCCCC(=O)OC(COC(=O)C/C=C\C/C=C\C/C=C\CC)COC(=O)CCCCCCC\C=C/C=C\C=C/C=C\CCCCC. The molecule has 0 saturated heterocycles. The van der Waals surface area contributed by atoms with Gasteiger partial charge in [-0.25, -0.2) is 0 Å². The lowest BCUT2D eigenvalue weighted by Gasteiger charge is -2.18. The maximum atomic E-state index is 12.7. The van der Waals surface area contributed by atoms with Gasteiger partial charge in [-0.3, -0.25) is 14.4 Å². The number of hydrogen-bond acceptors (Lipinski definition) is 6. The Balaban J connectivity index is 4.58. The van der Waals surface area contributed by atoms with Crippen LogP contribution in [0, 0.1) is 0 Å². The topological polar surface area (TPSA) is 78.9 Å². The van der Waals surface area contributed by atoms with Crippen molar-refractivity contribution in [3.05, 3.63) is 146 Å². The van der Waals surface area contributed by atoms with Gasteiger partial charge in [0, 0.05) is 12.8 Å². The summed E-state index contributed by atoms with van der Waals surface area (Å²) in [5.74, 6) is -1.15. The summed E-state index contributed by atoms with van der Waals surface area (Å²) in [5, 5.41) is 0. The van der Waals surface area contributed by atoms with Crippen molar-refractivity contribution in [1.29, 1.82) is 0 Å². The zero-order valence-corrected chi connectivity index (χ0v) is 37.6. The molecule has 0 fully saturated rings. The van der Waals surface area contributed by atoms with Gasteiger partial charge < -0.3 is 14.2 Å². The fourth-order valence-corrected chi connectivity index (χ4v) is 5.41. The summed E-state index contributed by atoms with van der Waals surface area (Å²) in [4.78, 5) is 37.7. The Labute approximate surface area is 366 Å². The Morgan fingerprint density at radius 3 is 1.32 bits per heavy atom. The van der Waals surface area contributed by atoms with Crippen LogP contribution < -0.4 is 0 Å². The van der Waals surface area contributed by atoms with Crippen molar-refractivity contribution >= 4 is 17.9 Å². The molecule has 0 aliphatic heterocycles. The van der Waals surface area contributed by atoms with Gasteiger partial charge in [0.15, 0.2) is 6.10 Å². The highest BCUT2D eigenvalue weighted by Crippen LogP contribution is 2.11. The molecule has 0 aromatic carbocycles. The summed E-state index contributed by atoms with van der Waals surface area (Å²) in [6, 6.07) is 0. The number of allylic oxidation sites excluding steroid dienone is 23. The van der Waals surface area contributed by atoms with E-state index in [0.717, 1.165) is 89.9 Å².